The number of aryl methyl sites for hydroxylation is 1. The highest BCUT2D eigenvalue weighted by Crippen LogP contribution is 2.23. The number of carbonyl (C=O) groups excluding carboxylic acids is 1. The molecule has 0 N–H and O–H groups in total. The first-order chi connectivity index (χ1) is 7.34. The summed E-state index contributed by atoms with van der Waals surface area (Å²) in [6.45, 7) is 4.94. The van der Waals surface area contributed by atoms with Gasteiger partial charge in [0.2, 0.25) is 0 Å². The Labute approximate surface area is 90.9 Å². The Morgan fingerprint density at radius 1 is 1.38 bits per heavy atom. The molecule has 0 aliphatic heterocycles. The van der Waals surface area contributed by atoms with Crippen molar-refractivity contribution in [2.45, 2.75) is 13.1 Å². The van der Waals surface area contributed by atoms with Crippen LogP contribution in [0.4, 0.5) is 13.2 Å². The summed E-state index contributed by atoms with van der Waals surface area (Å²) in [7, 11) is 0. The number of hydrogen-bond donors (Lipinski definition) is 0. The predicted octanol–water partition coefficient (Wildman–Crippen LogP) is 3.54. The molecular formula is C12H9F3O. The lowest BCUT2D eigenvalue weighted by molar-refractivity contribution is -0.0885. The van der Waals surface area contributed by atoms with Crippen LogP contribution in [-0.4, -0.2) is 12.0 Å². The second kappa shape index (κ2) is 4.37. The van der Waals surface area contributed by atoms with Gasteiger partial charge in [-0.15, -0.1) is 5.73 Å². The van der Waals surface area contributed by atoms with Crippen molar-refractivity contribution in [1.29, 1.82) is 0 Å². The first-order valence-electron chi connectivity index (χ1n) is 4.43. The van der Waals surface area contributed by atoms with Gasteiger partial charge >= 0.3 is 6.18 Å². The van der Waals surface area contributed by atoms with Crippen molar-refractivity contribution < 1.29 is 18.0 Å². The van der Waals surface area contributed by atoms with E-state index in [9.17, 15) is 18.0 Å². The maximum Gasteiger partial charge on any atom is 0.454 e. The minimum absolute atomic E-state index is 0.367. The zero-order valence-electron chi connectivity index (χ0n) is 8.56. The van der Waals surface area contributed by atoms with Gasteiger partial charge in [-0.2, -0.15) is 13.2 Å². The quantitative estimate of drug-likeness (QED) is 0.556. The number of benzene rings is 1. The second-order valence-electron chi connectivity index (χ2n) is 3.31. The standard InChI is InChI=1S/C12H9F3O/c1-3-4-9-5-8(2)6-10(7-9)11(16)12(13,14)15/h4-7H,1H2,2H3. The Hall–Kier alpha value is -1.80. The van der Waals surface area contributed by atoms with Crippen molar-refractivity contribution in [2.75, 3.05) is 0 Å². The molecule has 1 aromatic carbocycles. The van der Waals surface area contributed by atoms with Gasteiger partial charge in [-0.1, -0.05) is 12.6 Å². The molecule has 0 fully saturated rings. The van der Waals surface area contributed by atoms with Gasteiger partial charge in [0.15, 0.2) is 0 Å². The smallest absolute Gasteiger partial charge is 0.284 e. The molecule has 1 rings (SSSR count). The molecule has 0 saturated carbocycles. The summed E-state index contributed by atoms with van der Waals surface area (Å²) in [5.41, 5.74) is 3.14. The highest BCUT2D eigenvalue weighted by Gasteiger charge is 2.39. The normalized spacial score (nSPS) is 10.8. The summed E-state index contributed by atoms with van der Waals surface area (Å²) in [6, 6.07) is 4.02. The Morgan fingerprint density at radius 2 is 2.00 bits per heavy atom. The SMILES string of the molecule is C=C=Cc1cc(C)cc(C(=O)C(F)(F)F)c1. The van der Waals surface area contributed by atoms with Crippen molar-refractivity contribution in [1.82, 2.24) is 0 Å². The van der Waals surface area contributed by atoms with Crippen LogP contribution >= 0.6 is 0 Å². The van der Waals surface area contributed by atoms with Crippen LogP contribution in [0.1, 0.15) is 21.5 Å². The van der Waals surface area contributed by atoms with E-state index in [4.69, 9.17) is 0 Å². The van der Waals surface area contributed by atoms with Gasteiger partial charge in [0.25, 0.3) is 5.78 Å². The first-order valence-corrected chi connectivity index (χ1v) is 4.43. The third-order valence-corrected chi connectivity index (χ3v) is 1.89. The molecule has 0 aliphatic carbocycles. The van der Waals surface area contributed by atoms with E-state index in [1.807, 2.05) is 0 Å². The molecule has 0 atom stereocenters. The number of halogens is 3. The molecular weight excluding hydrogens is 217 g/mol. The van der Waals surface area contributed by atoms with E-state index in [-0.39, 0.29) is 5.56 Å². The third kappa shape index (κ3) is 2.84. The summed E-state index contributed by atoms with van der Waals surface area (Å²) in [4.78, 5) is 11.0. The van der Waals surface area contributed by atoms with Gasteiger partial charge in [0.05, 0.1) is 0 Å². The maximum atomic E-state index is 12.2. The van der Waals surface area contributed by atoms with Gasteiger partial charge in [-0.3, -0.25) is 4.79 Å². The van der Waals surface area contributed by atoms with E-state index >= 15 is 0 Å². The summed E-state index contributed by atoms with van der Waals surface area (Å²) < 4.78 is 36.6. The molecule has 0 spiro atoms. The zero-order chi connectivity index (χ0) is 12.3. The fourth-order valence-corrected chi connectivity index (χ4v) is 1.31. The summed E-state index contributed by atoms with van der Waals surface area (Å²) in [5.74, 6) is -1.84. The molecule has 0 bridgehead atoms. The van der Waals surface area contributed by atoms with E-state index in [1.165, 1.54) is 18.2 Å². The van der Waals surface area contributed by atoms with Gasteiger partial charge in [-0.05, 0) is 36.3 Å². The number of carbonyl (C=O) groups is 1. The average Bonchev–Trinajstić information content (AvgIpc) is 2.14. The van der Waals surface area contributed by atoms with E-state index in [1.54, 1.807) is 13.0 Å². The fourth-order valence-electron chi connectivity index (χ4n) is 1.31. The fraction of sp³-hybridized carbons (Fsp3) is 0.167. The number of hydrogen-bond acceptors (Lipinski definition) is 1. The van der Waals surface area contributed by atoms with Crippen LogP contribution in [0, 0.1) is 6.92 Å². The molecule has 0 radical (unpaired) electrons. The van der Waals surface area contributed by atoms with Crippen LogP contribution in [0.15, 0.2) is 30.5 Å². The van der Waals surface area contributed by atoms with E-state index < -0.39 is 12.0 Å². The molecule has 0 heterocycles. The van der Waals surface area contributed by atoms with Crippen LogP contribution in [0.2, 0.25) is 0 Å². The number of ketones is 1. The largest absolute Gasteiger partial charge is 0.454 e. The molecule has 1 aromatic rings. The van der Waals surface area contributed by atoms with Crippen molar-refractivity contribution in [2.24, 2.45) is 0 Å². The minimum atomic E-state index is -4.84. The van der Waals surface area contributed by atoms with Gasteiger partial charge in [-0.25, -0.2) is 0 Å². The molecule has 0 saturated heterocycles. The zero-order valence-corrected chi connectivity index (χ0v) is 8.56. The van der Waals surface area contributed by atoms with Crippen LogP contribution in [0.5, 0.6) is 0 Å². The molecule has 1 nitrogen and oxygen atoms in total. The monoisotopic (exact) mass is 226 g/mol. The highest BCUT2D eigenvalue weighted by molar-refractivity contribution is 6.00. The predicted molar refractivity (Wildman–Crippen MR) is 55.2 cm³/mol. The van der Waals surface area contributed by atoms with Crippen LogP contribution in [-0.2, 0) is 0 Å². The van der Waals surface area contributed by atoms with Crippen LogP contribution < -0.4 is 0 Å². The van der Waals surface area contributed by atoms with E-state index in [0.29, 0.717) is 11.1 Å². The number of rotatable bonds is 2. The van der Waals surface area contributed by atoms with Crippen LogP contribution in [0.3, 0.4) is 0 Å². The Kier molecular flexibility index (Phi) is 3.35. The Balaban J connectivity index is 3.25. The van der Waals surface area contributed by atoms with Crippen molar-refractivity contribution in [3.8, 4) is 0 Å². The average molecular weight is 226 g/mol. The topological polar surface area (TPSA) is 17.1 Å². The molecule has 0 unspecified atom stereocenters. The molecule has 0 amide bonds. The third-order valence-electron chi connectivity index (χ3n) is 1.89. The van der Waals surface area contributed by atoms with Gasteiger partial charge in [0, 0.05) is 5.56 Å². The Bertz CT molecular complexity index is 466. The van der Waals surface area contributed by atoms with E-state index in [2.05, 4.69) is 12.3 Å². The number of alkyl halides is 3. The lowest BCUT2D eigenvalue weighted by atomic mass is 10.0. The molecule has 16 heavy (non-hydrogen) atoms. The first kappa shape index (κ1) is 12.3. The lowest BCUT2D eigenvalue weighted by Crippen LogP contribution is -2.22. The Morgan fingerprint density at radius 3 is 2.50 bits per heavy atom. The highest BCUT2D eigenvalue weighted by atomic mass is 19.4. The van der Waals surface area contributed by atoms with E-state index in [0.717, 1.165) is 0 Å². The molecule has 4 heteroatoms. The summed E-state index contributed by atoms with van der Waals surface area (Å²) in [6.07, 6.45) is -3.43. The van der Waals surface area contributed by atoms with Crippen molar-refractivity contribution in [3.63, 3.8) is 0 Å². The molecule has 84 valence electrons. The van der Waals surface area contributed by atoms with Gasteiger partial charge < -0.3 is 0 Å². The van der Waals surface area contributed by atoms with Crippen LogP contribution in [0.25, 0.3) is 6.08 Å². The van der Waals surface area contributed by atoms with Crippen molar-refractivity contribution in [3.05, 3.63) is 47.2 Å². The summed E-state index contributed by atoms with van der Waals surface area (Å²) >= 11 is 0. The maximum absolute atomic E-state index is 12.2. The van der Waals surface area contributed by atoms with Gasteiger partial charge in [0.1, 0.15) is 0 Å². The van der Waals surface area contributed by atoms with Crippen molar-refractivity contribution >= 4 is 11.9 Å². The number of Topliss-reactive ketones (excluding diaryl/α,β-unsaturated/α-hetero) is 1. The summed E-state index contributed by atoms with van der Waals surface area (Å²) in [5, 5.41) is 0. The second-order valence-corrected chi connectivity index (χ2v) is 3.31. The molecule has 0 aromatic heterocycles. The lowest BCUT2D eigenvalue weighted by Gasteiger charge is -2.06. The molecule has 0 aliphatic rings. The minimum Gasteiger partial charge on any atom is -0.284 e.